The van der Waals surface area contributed by atoms with E-state index in [1.165, 1.54) is 35.2 Å². The molecule has 0 amide bonds. The minimum atomic E-state index is -0.733. The Bertz CT molecular complexity index is 752. The fourth-order valence-corrected chi connectivity index (χ4v) is 1.92. The van der Waals surface area contributed by atoms with Crippen LogP contribution in [0.1, 0.15) is 21.6 Å². The van der Waals surface area contributed by atoms with Crippen molar-refractivity contribution in [2.75, 3.05) is 0 Å². The number of benzene rings is 1. The van der Waals surface area contributed by atoms with Gasteiger partial charge in [-0.25, -0.2) is 4.79 Å². The summed E-state index contributed by atoms with van der Waals surface area (Å²) in [6.45, 7) is 1.74. The van der Waals surface area contributed by atoms with E-state index in [9.17, 15) is 14.9 Å². The molecule has 0 saturated carbocycles. The number of oxime groups is 1. The molecule has 1 heterocycles. The van der Waals surface area contributed by atoms with Gasteiger partial charge in [0.05, 0.1) is 28.0 Å². The molecule has 0 aliphatic carbocycles. The number of aromatic nitrogens is 2. The molecule has 2 rings (SSSR count). The Hall–Kier alpha value is -2.74. The number of halogens is 1. The van der Waals surface area contributed by atoms with Crippen molar-refractivity contribution in [2.45, 2.75) is 6.92 Å². The molecule has 0 saturated heterocycles. The van der Waals surface area contributed by atoms with Gasteiger partial charge in [-0.1, -0.05) is 16.8 Å². The Morgan fingerprint density at radius 1 is 1.45 bits per heavy atom. The lowest BCUT2D eigenvalue weighted by Crippen LogP contribution is -2.01. The second-order valence-electron chi connectivity index (χ2n) is 4.33. The number of nitrogens with zero attached hydrogens (tertiary/aromatic N) is 4. The van der Waals surface area contributed by atoms with Crippen LogP contribution >= 0.6 is 11.6 Å². The average molecular weight is 323 g/mol. The summed E-state index contributed by atoms with van der Waals surface area (Å²) >= 11 is 6.00. The summed E-state index contributed by atoms with van der Waals surface area (Å²) in [4.78, 5) is 26.4. The molecule has 1 aromatic heterocycles. The van der Waals surface area contributed by atoms with Crippen molar-refractivity contribution in [1.82, 2.24) is 9.78 Å². The number of non-ortho nitro benzene ring substituents is 1. The average Bonchev–Trinajstić information content (AvgIpc) is 2.73. The molecule has 0 radical (unpaired) electrons. The van der Waals surface area contributed by atoms with E-state index in [0.717, 1.165) is 0 Å². The zero-order chi connectivity index (χ0) is 16.3. The molecule has 0 aliphatic heterocycles. The molecule has 0 unspecified atom stereocenters. The molecule has 8 nitrogen and oxygen atoms in total. The molecule has 0 fully saturated rings. The lowest BCUT2D eigenvalue weighted by Gasteiger charge is -1.97. The Labute approximate surface area is 130 Å². The van der Waals surface area contributed by atoms with E-state index in [4.69, 9.17) is 16.4 Å². The van der Waals surface area contributed by atoms with Gasteiger partial charge in [-0.3, -0.25) is 14.8 Å². The molecule has 1 aromatic carbocycles. The van der Waals surface area contributed by atoms with Crippen LogP contribution in [0.3, 0.4) is 0 Å². The van der Waals surface area contributed by atoms with Gasteiger partial charge in [-0.15, -0.1) is 0 Å². The molecular formula is C13H11ClN4O4. The second-order valence-corrected chi connectivity index (χ2v) is 4.69. The van der Waals surface area contributed by atoms with Gasteiger partial charge in [0, 0.05) is 19.2 Å². The monoisotopic (exact) mass is 322 g/mol. The maximum absolute atomic E-state index is 11.7. The number of hydrogen-bond acceptors (Lipinski definition) is 6. The summed E-state index contributed by atoms with van der Waals surface area (Å²) in [6, 6.07) is 5.00. The third-order valence-electron chi connectivity index (χ3n) is 2.83. The van der Waals surface area contributed by atoms with E-state index in [1.54, 1.807) is 14.0 Å². The van der Waals surface area contributed by atoms with Crippen molar-refractivity contribution < 1.29 is 14.6 Å². The number of rotatable bonds is 4. The summed E-state index contributed by atoms with van der Waals surface area (Å²) < 4.78 is 1.47. The number of aryl methyl sites for hydroxylation is 2. The minimum absolute atomic E-state index is 0.113. The fourth-order valence-electron chi connectivity index (χ4n) is 1.69. The highest BCUT2D eigenvalue weighted by molar-refractivity contribution is 6.32. The first-order valence-corrected chi connectivity index (χ1v) is 6.46. The molecule has 0 aliphatic rings. The van der Waals surface area contributed by atoms with Crippen molar-refractivity contribution >= 4 is 29.5 Å². The Morgan fingerprint density at radius 3 is 2.59 bits per heavy atom. The zero-order valence-corrected chi connectivity index (χ0v) is 12.4. The highest BCUT2D eigenvalue weighted by Gasteiger charge is 2.12. The maximum Gasteiger partial charge on any atom is 0.365 e. The molecule has 2 aromatic rings. The van der Waals surface area contributed by atoms with E-state index in [2.05, 4.69) is 10.3 Å². The molecule has 0 spiro atoms. The fraction of sp³-hybridized carbons (Fsp3) is 0.154. The van der Waals surface area contributed by atoms with Crippen molar-refractivity contribution in [3.63, 3.8) is 0 Å². The third-order valence-corrected chi connectivity index (χ3v) is 3.28. The van der Waals surface area contributed by atoms with Gasteiger partial charge in [-0.2, -0.15) is 5.10 Å². The van der Waals surface area contributed by atoms with Gasteiger partial charge in [0.2, 0.25) is 0 Å². The van der Waals surface area contributed by atoms with Gasteiger partial charge in [0.1, 0.15) is 5.15 Å². The van der Waals surface area contributed by atoms with Gasteiger partial charge < -0.3 is 4.84 Å². The molecule has 0 N–H and O–H groups in total. The number of nitro benzene ring substituents is 1. The highest BCUT2D eigenvalue weighted by Crippen LogP contribution is 2.16. The summed E-state index contributed by atoms with van der Waals surface area (Å²) in [6.07, 6.45) is 1.29. The second kappa shape index (κ2) is 6.35. The van der Waals surface area contributed by atoms with Crippen molar-refractivity contribution in [2.24, 2.45) is 12.2 Å². The standard InChI is InChI=1S/C13H11ClN4O4/c1-8-11(12(14)17(2)16-8)7-15-22-13(19)9-3-5-10(6-4-9)18(20)21/h3-7H,1-2H3. The normalized spacial score (nSPS) is 10.9. The van der Waals surface area contributed by atoms with E-state index in [-0.39, 0.29) is 11.3 Å². The van der Waals surface area contributed by atoms with Crippen LogP contribution in [0.2, 0.25) is 5.15 Å². The van der Waals surface area contributed by atoms with E-state index >= 15 is 0 Å². The van der Waals surface area contributed by atoms with Crippen molar-refractivity contribution in [1.29, 1.82) is 0 Å². The number of hydrogen-bond donors (Lipinski definition) is 0. The SMILES string of the molecule is Cc1nn(C)c(Cl)c1C=NOC(=O)c1ccc([N+](=O)[O-])cc1. The van der Waals surface area contributed by atoms with E-state index < -0.39 is 10.9 Å². The summed E-state index contributed by atoms with van der Waals surface area (Å²) in [5.41, 5.74) is 1.22. The number of carbonyl (C=O) groups excluding carboxylic acids is 1. The third kappa shape index (κ3) is 3.29. The van der Waals surface area contributed by atoms with Crippen molar-refractivity contribution in [3.05, 3.63) is 56.4 Å². The van der Waals surface area contributed by atoms with Gasteiger partial charge in [0.15, 0.2) is 0 Å². The molecule has 0 bridgehead atoms. The highest BCUT2D eigenvalue weighted by atomic mass is 35.5. The first-order valence-electron chi connectivity index (χ1n) is 6.08. The quantitative estimate of drug-likeness (QED) is 0.372. The largest absolute Gasteiger partial charge is 0.365 e. The van der Waals surface area contributed by atoms with Gasteiger partial charge in [0.25, 0.3) is 5.69 Å². The number of carbonyl (C=O) groups is 1. The summed E-state index contributed by atoms with van der Waals surface area (Å²) in [5, 5.41) is 18.5. The van der Waals surface area contributed by atoms with Crippen LogP contribution in [0.25, 0.3) is 0 Å². The van der Waals surface area contributed by atoms with E-state index in [0.29, 0.717) is 16.4 Å². The summed E-state index contributed by atoms with van der Waals surface area (Å²) in [7, 11) is 1.68. The van der Waals surface area contributed by atoms with Gasteiger partial charge in [-0.05, 0) is 19.1 Å². The molecule has 9 heteroatoms. The van der Waals surface area contributed by atoms with Crippen molar-refractivity contribution in [3.8, 4) is 0 Å². The molecule has 114 valence electrons. The lowest BCUT2D eigenvalue weighted by molar-refractivity contribution is -0.384. The van der Waals surface area contributed by atoms with Gasteiger partial charge >= 0.3 is 5.97 Å². The Kier molecular flexibility index (Phi) is 4.52. The topological polar surface area (TPSA) is 99.6 Å². The predicted molar refractivity (Wildman–Crippen MR) is 79.1 cm³/mol. The Balaban J connectivity index is 2.06. The zero-order valence-electron chi connectivity index (χ0n) is 11.7. The van der Waals surface area contributed by atoms with Crippen LogP contribution in [0.5, 0.6) is 0 Å². The Morgan fingerprint density at radius 2 is 2.09 bits per heavy atom. The minimum Gasteiger partial charge on any atom is -0.313 e. The summed E-state index contributed by atoms with van der Waals surface area (Å²) in [5.74, 6) is -0.733. The van der Waals surface area contributed by atoms with E-state index in [1.807, 2.05) is 0 Å². The molecule has 22 heavy (non-hydrogen) atoms. The molecular weight excluding hydrogens is 312 g/mol. The lowest BCUT2D eigenvalue weighted by atomic mass is 10.2. The first-order chi connectivity index (χ1) is 10.4. The first kappa shape index (κ1) is 15.6. The number of nitro groups is 1. The maximum atomic E-state index is 11.7. The smallest absolute Gasteiger partial charge is 0.313 e. The van der Waals surface area contributed by atoms with Crippen LogP contribution in [0.15, 0.2) is 29.4 Å². The van der Waals surface area contributed by atoms with Crippen LogP contribution in [0, 0.1) is 17.0 Å². The van der Waals surface area contributed by atoms with Crippen LogP contribution in [-0.4, -0.2) is 26.9 Å². The van der Waals surface area contributed by atoms with Crippen LogP contribution in [0.4, 0.5) is 5.69 Å². The van der Waals surface area contributed by atoms with Crippen LogP contribution < -0.4 is 0 Å². The van der Waals surface area contributed by atoms with Crippen LogP contribution in [-0.2, 0) is 11.9 Å². The predicted octanol–water partition coefficient (Wildman–Crippen LogP) is 2.48. The molecule has 0 atom stereocenters.